The average molecular weight is 301 g/mol. The van der Waals surface area contributed by atoms with Gasteiger partial charge in [0.05, 0.1) is 24.9 Å². The van der Waals surface area contributed by atoms with Gasteiger partial charge in [-0.3, -0.25) is 0 Å². The SMILES string of the molecule is CCCCCCCCOc1cccc(/C=C(\C#N)COC)c1. The van der Waals surface area contributed by atoms with Crippen molar-refractivity contribution in [2.45, 2.75) is 45.4 Å². The molecule has 0 heterocycles. The molecule has 0 saturated carbocycles. The molecule has 0 bridgehead atoms. The van der Waals surface area contributed by atoms with Gasteiger partial charge in [-0.25, -0.2) is 0 Å². The Labute approximate surface area is 134 Å². The van der Waals surface area contributed by atoms with Gasteiger partial charge in [-0.2, -0.15) is 5.26 Å². The molecule has 1 aromatic carbocycles. The monoisotopic (exact) mass is 301 g/mol. The minimum absolute atomic E-state index is 0.333. The maximum absolute atomic E-state index is 9.02. The van der Waals surface area contributed by atoms with Crippen LogP contribution in [0.3, 0.4) is 0 Å². The fourth-order valence-electron chi connectivity index (χ4n) is 2.23. The summed E-state index contributed by atoms with van der Waals surface area (Å²) in [5, 5.41) is 9.02. The summed E-state index contributed by atoms with van der Waals surface area (Å²) in [7, 11) is 1.59. The summed E-state index contributed by atoms with van der Waals surface area (Å²) in [5.74, 6) is 0.858. The summed E-state index contributed by atoms with van der Waals surface area (Å²) in [6.07, 6.45) is 9.39. The van der Waals surface area contributed by atoms with Gasteiger partial charge in [-0.05, 0) is 30.2 Å². The molecule has 0 aromatic heterocycles. The smallest absolute Gasteiger partial charge is 0.119 e. The van der Waals surface area contributed by atoms with Crippen LogP contribution in [0.4, 0.5) is 0 Å². The summed E-state index contributed by atoms with van der Waals surface area (Å²) >= 11 is 0. The van der Waals surface area contributed by atoms with Crippen LogP contribution in [0.2, 0.25) is 0 Å². The predicted molar refractivity (Wildman–Crippen MR) is 90.8 cm³/mol. The molecule has 0 radical (unpaired) electrons. The van der Waals surface area contributed by atoms with Crippen LogP contribution in [0.1, 0.15) is 51.0 Å². The lowest BCUT2D eigenvalue weighted by molar-refractivity contribution is 0.229. The number of rotatable bonds is 11. The zero-order valence-corrected chi connectivity index (χ0v) is 13.8. The van der Waals surface area contributed by atoms with Crippen LogP contribution < -0.4 is 4.74 Å². The zero-order valence-electron chi connectivity index (χ0n) is 13.8. The third-order valence-electron chi connectivity index (χ3n) is 3.41. The van der Waals surface area contributed by atoms with Crippen molar-refractivity contribution in [1.82, 2.24) is 0 Å². The second-order valence-corrected chi connectivity index (χ2v) is 5.40. The lowest BCUT2D eigenvalue weighted by Gasteiger charge is -2.07. The predicted octanol–water partition coefficient (Wildman–Crippen LogP) is 4.98. The van der Waals surface area contributed by atoms with Gasteiger partial charge >= 0.3 is 0 Å². The molecular formula is C19H27NO2. The van der Waals surface area contributed by atoms with Crippen molar-refractivity contribution in [2.75, 3.05) is 20.3 Å². The lowest BCUT2D eigenvalue weighted by Crippen LogP contribution is -1.97. The molecule has 0 unspecified atom stereocenters. The molecule has 22 heavy (non-hydrogen) atoms. The Morgan fingerprint density at radius 3 is 2.68 bits per heavy atom. The molecule has 1 aromatic rings. The molecule has 0 amide bonds. The number of unbranched alkanes of at least 4 members (excludes halogenated alkanes) is 5. The fourth-order valence-corrected chi connectivity index (χ4v) is 2.23. The van der Waals surface area contributed by atoms with E-state index in [9.17, 15) is 0 Å². The number of ether oxygens (including phenoxy) is 2. The average Bonchev–Trinajstić information content (AvgIpc) is 2.54. The van der Waals surface area contributed by atoms with Crippen LogP contribution in [0, 0.1) is 11.3 Å². The van der Waals surface area contributed by atoms with Gasteiger partial charge in [-0.15, -0.1) is 0 Å². The summed E-state index contributed by atoms with van der Waals surface area (Å²) in [5.41, 5.74) is 1.57. The molecule has 0 saturated heterocycles. The first kappa shape index (κ1) is 18.3. The highest BCUT2D eigenvalue weighted by Crippen LogP contribution is 2.16. The number of hydrogen-bond acceptors (Lipinski definition) is 3. The number of methoxy groups -OCH3 is 1. The van der Waals surface area contributed by atoms with Crippen LogP contribution in [-0.2, 0) is 4.74 Å². The second-order valence-electron chi connectivity index (χ2n) is 5.40. The van der Waals surface area contributed by atoms with Crippen molar-refractivity contribution in [3.05, 3.63) is 35.4 Å². The first-order valence-electron chi connectivity index (χ1n) is 8.12. The third kappa shape index (κ3) is 7.85. The first-order chi connectivity index (χ1) is 10.8. The molecule has 0 N–H and O–H groups in total. The molecule has 1 rings (SSSR count). The van der Waals surface area contributed by atoms with Crippen LogP contribution in [0.5, 0.6) is 5.75 Å². The first-order valence-corrected chi connectivity index (χ1v) is 8.12. The zero-order chi connectivity index (χ0) is 16.0. The van der Waals surface area contributed by atoms with E-state index < -0.39 is 0 Å². The van der Waals surface area contributed by atoms with Crippen LogP contribution in [-0.4, -0.2) is 20.3 Å². The Morgan fingerprint density at radius 1 is 1.18 bits per heavy atom. The highest BCUT2D eigenvalue weighted by Gasteiger charge is 1.99. The number of benzene rings is 1. The van der Waals surface area contributed by atoms with E-state index in [1.54, 1.807) is 7.11 Å². The molecule has 3 heteroatoms. The summed E-state index contributed by atoms with van der Waals surface area (Å²) < 4.78 is 10.8. The van der Waals surface area contributed by atoms with E-state index >= 15 is 0 Å². The number of hydrogen-bond donors (Lipinski definition) is 0. The summed E-state index contributed by atoms with van der Waals surface area (Å²) in [6.45, 7) is 3.32. The normalized spacial score (nSPS) is 11.2. The summed E-state index contributed by atoms with van der Waals surface area (Å²) in [4.78, 5) is 0. The highest BCUT2D eigenvalue weighted by atomic mass is 16.5. The molecule has 3 nitrogen and oxygen atoms in total. The van der Waals surface area contributed by atoms with Gasteiger partial charge in [0.15, 0.2) is 0 Å². The Morgan fingerprint density at radius 2 is 1.95 bits per heavy atom. The maximum Gasteiger partial charge on any atom is 0.119 e. The number of nitriles is 1. The van der Waals surface area contributed by atoms with Crippen LogP contribution >= 0.6 is 0 Å². The van der Waals surface area contributed by atoms with Crippen molar-refractivity contribution in [2.24, 2.45) is 0 Å². The van der Waals surface area contributed by atoms with Crippen molar-refractivity contribution in [3.63, 3.8) is 0 Å². The minimum Gasteiger partial charge on any atom is -0.494 e. The molecule has 0 fully saturated rings. The van der Waals surface area contributed by atoms with Crippen molar-refractivity contribution in [3.8, 4) is 11.8 Å². The topological polar surface area (TPSA) is 42.2 Å². The Hall–Kier alpha value is -1.79. The van der Waals surface area contributed by atoms with E-state index in [-0.39, 0.29) is 0 Å². The van der Waals surface area contributed by atoms with E-state index in [0.29, 0.717) is 12.2 Å². The molecule has 0 atom stereocenters. The van der Waals surface area contributed by atoms with E-state index in [1.807, 2.05) is 30.3 Å². The second kappa shape index (κ2) is 11.8. The van der Waals surface area contributed by atoms with Crippen molar-refractivity contribution >= 4 is 6.08 Å². The van der Waals surface area contributed by atoms with Gasteiger partial charge in [0.25, 0.3) is 0 Å². The fraction of sp³-hybridized carbons (Fsp3) is 0.526. The quantitative estimate of drug-likeness (QED) is 0.427. The van der Waals surface area contributed by atoms with Crippen molar-refractivity contribution in [1.29, 1.82) is 5.26 Å². The molecule has 0 spiro atoms. The van der Waals surface area contributed by atoms with Gasteiger partial charge < -0.3 is 9.47 Å². The molecule has 0 aliphatic carbocycles. The van der Waals surface area contributed by atoms with E-state index in [4.69, 9.17) is 14.7 Å². The largest absolute Gasteiger partial charge is 0.494 e. The minimum atomic E-state index is 0.333. The standard InChI is InChI=1S/C19H27NO2/c1-3-4-5-6-7-8-12-22-19-11-9-10-17(14-19)13-18(15-20)16-21-2/h9-11,13-14H,3-8,12,16H2,1-2H3/b18-13+. The molecule has 0 aliphatic rings. The highest BCUT2D eigenvalue weighted by molar-refractivity contribution is 5.58. The molecule has 0 aliphatic heterocycles. The van der Waals surface area contributed by atoms with Gasteiger partial charge in [0, 0.05) is 7.11 Å². The lowest BCUT2D eigenvalue weighted by atomic mass is 10.1. The van der Waals surface area contributed by atoms with Gasteiger partial charge in [0.1, 0.15) is 5.75 Å². The molecule has 120 valence electrons. The van der Waals surface area contributed by atoms with Gasteiger partial charge in [-0.1, -0.05) is 51.2 Å². The van der Waals surface area contributed by atoms with Gasteiger partial charge in [0.2, 0.25) is 0 Å². The Balaban J connectivity index is 2.39. The number of nitrogens with zero attached hydrogens (tertiary/aromatic N) is 1. The Kier molecular flexibility index (Phi) is 9.81. The van der Waals surface area contributed by atoms with Crippen LogP contribution in [0.25, 0.3) is 6.08 Å². The van der Waals surface area contributed by atoms with E-state index in [0.717, 1.165) is 24.3 Å². The maximum atomic E-state index is 9.02. The van der Waals surface area contributed by atoms with E-state index in [2.05, 4.69) is 13.0 Å². The summed E-state index contributed by atoms with van der Waals surface area (Å²) in [6, 6.07) is 9.97. The molecular weight excluding hydrogens is 274 g/mol. The Bertz CT molecular complexity index is 488. The van der Waals surface area contributed by atoms with Crippen LogP contribution in [0.15, 0.2) is 29.8 Å². The van der Waals surface area contributed by atoms with E-state index in [1.165, 1.54) is 32.1 Å². The van der Waals surface area contributed by atoms with Crippen molar-refractivity contribution < 1.29 is 9.47 Å². The third-order valence-corrected chi connectivity index (χ3v) is 3.41.